The second kappa shape index (κ2) is 6.83. The Morgan fingerprint density at radius 1 is 1.42 bits per heavy atom. The molecule has 1 amide bonds. The minimum absolute atomic E-state index is 0.0810. The summed E-state index contributed by atoms with van der Waals surface area (Å²) in [7, 11) is 0. The number of hydrogen-bond donors (Lipinski definition) is 2. The summed E-state index contributed by atoms with van der Waals surface area (Å²) in [6.07, 6.45) is 1.61. The lowest BCUT2D eigenvalue weighted by Crippen LogP contribution is -2.18. The highest BCUT2D eigenvalue weighted by molar-refractivity contribution is 7.80. The largest absolute Gasteiger partial charge is 0.308 e. The number of nitrogens with one attached hydrogen (secondary N) is 1. The molecule has 5 nitrogen and oxygen atoms in total. The van der Waals surface area contributed by atoms with E-state index in [9.17, 15) is 4.79 Å². The van der Waals surface area contributed by atoms with Gasteiger partial charge in [0.25, 0.3) is 5.91 Å². The molecule has 2 heterocycles. The summed E-state index contributed by atoms with van der Waals surface area (Å²) < 4.78 is 1.89. The lowest BCUT2D eigenvalue weighted by molar-refractivity contribution is 0.102. The van der Waals surface area contributed by atoms with Gasteiger partial charge >= 0.3 is 0 Å². The van der Waals surface area contributed by atoms with E-state index in [4.69, 9.17) is 11.6 Å². The highest BCUT2D eigenvalue weighted by Crippen LogP contribution is 2.27. The standard InChI is InChI=1S/C17H17ClN4OS/c1-10-8-12(6-7-19-10)16(23)21-17-20-14-5-3-4-13(18)15(14)22(17)9-11(2)24/h3-8,11,24H,9H2,1-2H3,(H,20,21,23). The fourth-order valence-corrected chi connectivity index (χ4v) is 2.97. The first-order valence-corrected chi connectivity index (χ1v) is 8.42. The fourth-order valence-electron chi connectivity index (χ4n) is 2.54. The van der Waals surface area contributed by atoms with Crippen LogP contribution in [0.2, 0.25) is 5.02 Å². The van der Waals surface area contributed by atoms with E-state index in [1.54, 1.807) is 18.3 Å². The highest BCUT2D eigenvalue weighted by atomic mass is 35.5. The van der Waals surface area contributed by atoms with Gasteiger partial charge in [-0.1, -0.05) is 24.6 Å². The Balaban J connectivity index is 2.02. The Morgan fingerprint density at radius 3 is 2.92 bits per heavy atom. The normalized spacial score (nSPS) is 12.3. The molecule has 0 fully saturated rings. The van der Waals surface area contributed by atoms with Crippen molar-refractivity contribution in [1.82, 2.24) is 14.5 Å². The summed E-state index contributed by atoms with van der Waals surface area (Å²) in [6, 6.07) is 8.92. The molecule has 0 spiro atoms. The van der Waals surface area contributed by atoms with Crippen LogP contribution in [-0.2, 0) is 6.54 Å². The molecule has 24 heavy (non-hydrogen) atoms. The van der Waals surface area contributed by atoms with Gasteiger partial charge in [-0.05, 0) is 31.2 Å². The van der Waals surface area contributed by atoms with E-state index in [1.165, 1.54) is 0 Å². The fraction of sp³-hybridized carbons (Fsp3) is 0.235. The van der Waals surface area contributed by atoms with Crippen LogP contribution in [0.25, 0.3) is 11.0 Å². The van der Waals surface area contributed by atoms with Crippen LogP contribution in [0.1, 0.15) is 23.0 Å². The summed E-state index contributed by atoms with van der Waals surface area (Å²) in [5.41, 5.74) is 2.84. The van der Waals surface area contributed by atoms with E-state index >= 15 is 0 Å². The molecule has 0 bridgehead atoms. The van der Waals surface area contributed by atoms with Gasteiger partial charge in [-0.25, -0.2) is 4.98 Å². The van der Waals surface area contributed by atoms with Gasteiger partial charge in [-0.2, -0.15) is 12.6 Å². The molecule has 1 aromatic carbocycles. The van der Waals surface area contributed by atoms with Gasteiger partial charge < -0.3 is 4.57 Å². The molecule has 2 aromatic heterocycles. The molecule has 0 aliphatic heterocycles. The number of rotatable bonds is 4. The van der Waals surface area contributed by atoms with Crippen molar-refractivity contribution in [3.8, 4) is 0 Å². The molecule has 0 saturated heterocycles. The molecule has 0 aliphatic rings. The maximum atomic E-state index is 12.5. The van der Waals surface area contributed by atoms with Gasteiger partial charge in [-0.3, -0.25) is 15.1 Å². The third-order valence-electron chi connectivity index (χ3n) is 3.55. The van der Waals surface area contributed by atoms with E-state index in [1.807, 2.05) is 36.6 Å². The maximum absolute atomic E-state index is 12.5. The van der Waals surface area contributed by atoms with E-state index < -0.39 is 0 Å². The zero-order valence-corrected chi connectivity index (χ0v) is 15.0. The smallest absolute Gasteiger partial charge is 0.258 e. The molecular weight excluding hydrogens is 344 g/mol. The van der Waals surface area contributed by atoms with Crippen molar-refractivity contribution in [3.63, 3.8) is 0 Å². The number of carbonyl (C=O) groups is 1. The maximum Gasteiger partial charge on any atom is 0.258 e. The van der Waals surface area contributed by atoms with Crippen molar-refractivity contribution < 1.29 is 4.79 Å². The lowest BCUT2D eigenvalue weighted by Gasteiger charge is -2.12. The zero-order valence-electron chi connectivity index (χ0n) is 13.3. The van der Waals surface area contributed by atoms with Crippen LogP contribution in [0.3, 0.4) is 0 Å². The third kappa shape index (κ3) is 3.39. The summed E-state index contributed by atoms with van der Waals surface area (Å²) in [5.74, 6) is 0.221. The number of carbonyl (C=O) groups excluding carboxylic acids is 1. The average Bonchev–Trinajstić information content (AvgIpc) is 2.85. The molecule has 124 valence electrons. The number of fused-ring (bicyclic) bond motifs is 1. The van der Waals surface area contributed by atoms with Crippen molar-refractivity contribution in [2.75, 3.05) is 5.32 Å². The Bertz CT molecular complexity index is 907. The van der Waals surface area contributed by atoms with E-state index in [0.717, 1.165) is 16.7 Å². The summed E-state index contributed by atoms with van der Waals surface area (Å²) >= 11 is 10.8. The molecular formula is C17H17ClN4OS. The number of benzene rings is 1. The molecule has 7 heteroatoms. The predicted octanol–water partition coefficient (Wildman–Crippen LogP) is 3.96. The first-order valence-electron chi connectivity index (χ1n) is 7.52. The lowest BCUT2D eigenvalue weighted by atomic mass is 10.2. The Hall–Kier alpha value is -2.05. The minimum Gasteiger partial charge on any atom is -0.308 e. The van der Waals surface area contributed by atoms with Crippen molar-refractivity contribution in [2.45, 2.75) is 25.6 Å². The second-order valence-corrected chi connectivity index (χ2v) is 6.93. The number of aryl methyl sites for hydroxylation is 1. The molecule has 0 radical (unpaired) electrons. The van der Waals surface area contributed by atoms with Crippen LogP contribution in [0, 0.1) is 6.92 Å². The van der Waals surface area contributed by atoms with Crippen LogP contribution in [0.15, 0.2) is 36.5 Å². The van der Waals surface area contributed by atoms with Crippen LogP contribution in [0.4, 0.5) is 5.95 Å². The van der Waals surface area contributed by atoms with E-state index in [2.05, 4.69) is 27.9 Å². The number of aromatic nitrogens is 3. The van der Waals surface area contributed by atoms with Crippen molar-refractivity contribution in [2.24, 2.45) is 0 Å². The SMILES string of the molecule is Cc1cc(C(=O)Nc2nc3cccc(Cl)c3n2CC(C)S)ccn1. The molecule has 3 aromatic rings. The number of anilines is 1. The monoisotopic (exact) mass is 360 g/mol. The number of para-hydroxylation sites is 1. The van der Waals surface area contributed by atoms with Crippen molar-refractivity contribution >= 4 is 47.1 Å². The van der Waals surface area contributed by atoms with Crippen LogP contribution in [0.5, 0.6) is 0 Å². The molecule has 1 atom stereocenters. The van der Waals surface area contributed by atoms with Crippen LogP contribution in [-0.4, -0.2) is 25.7 Å². The number of thiol groups is 1. The average molecular weight is 361 g/mol. The molecule has 1 unspecified atom stereocenters. The number of hydrogen-bond acceptors (Lipinski definition) is 4. The quantitative estimate of drug-likeness (QED) is 0.692. The molecule has 3 rings (SSSR count). The van der Waals surface area contributed by atoms with Crippen LogP contribution < -0.4 is 5.32 Å². The van der Waals surface area contributed by atoms with Gasteiger partial charge in [-0.15, -0.1) is 0 Å². The number of nitrogens with zero attached hydrogens (tertiary/aromatic N) is 3. The zero-order chi connectivity index (χ0) is 17.3. The molecule has 0 saturated carbocycles. The number of amides is 1. The number of halogens is 1. The Labute approximate surface area is 150 Å². The van der Waals surface area contributed by atoms with Gasteiger partial charge in [0.05, 0.1) is 16.1 Å². The van der Waals surface area contributed by atoms with Gasteiger partial charge in [0.1, 0.15) is 0 Å². The topological polar surface area (TPSA) is 59.8 Å². The second-order valence-electron chi connectivity index (χ2n) is 5.64. The first-order chi connectivity index (χ1) is 11.5. The predicted molar refractivity (Wildman–Crippen MR) is 100 cm³/mol. The summed E-state index contributed by atoms with van der Waals surface area (Å²) in [4.78, 5) is 21.1. The first kappa shape index (κ1) is 16.8. The number of pyridine rings is 1. The Morgan fingerprint density at radius 2 is 2.21 bits per heavy atom. The van der Waals surface area contributed by atoms with Gasteiger partial charge in [0, 0.05) is 29.2 Å². The highest BCUT2D eigenvalue weighted by Gasteiger charge is 2.17. The Kier molecular flexibility index (Phi) is 4.78. The summed E-state index contributed by atoms with van der Waals surface area (Å²) in [5, 5.41) is 3.54. The molecule has 1 N–H and O–H groups in total. The van der Waals surface area contributed by atoms with Gasteiger partial charge in [0.15, 0.2) is 0 Å². The third-order valence-corrected chi connectivity index (χ3v) is 4.02. The van der Waals surface area contributed by atoms with Gasteiger partial charge in [0.2, 0.25) is 5.95 Å². The summed E-state index contributed by atoms with van der Waals surface area (Å²) in [6.45, 7) is 4.40. The van der Waals surface area contributed by atoms with Crippen LogP contribution >= 0.6 is 24.2 Å². The molecule has 0 aliphatic carbocycles. The number of imidazole rings is 1. The van der Waals surface area contributed by atoms with E-state index in [0.29, 0.717) is 23.1 Å². The van der Waals surface area contributed by atoms with Crippen molar-refractivity contribution in [1.29, 1.82) is 0 Å². The minimum atomic E-state index is -0.236. The van der Waals surface area contributed by atoms with Crippen molar-refractivity contribution in [3.05, 3.63) is 52.8 Å². The van der Waals surface area contributed by atoms with E-state index in [-0.39, 0.29) is 11.2 Å².